The molecule has 216 valence electrons. The Hall–Kier alpha value is -3.44. The van der Waals surface area contributed by atoms with Crippen LogP contribution in [0.1, 0.15) is 30.9 Å². The Morgan fingerprint density at radius 3 is 2.76 bits per heavy atom. The average Bonchev–Trinajstić information content (AvgIpc) is 3.62. The summed E-state index contributed by atoms with van der Waals surface area (Å²) in [6.45, 7) is -0.620. The molecule has 7 atom stereocenters. The first-order valence-electron chi connectivity index (χ1n) is 13.1. The Morgan fingerprint density at radius 2 is 2.10 bits per heavy atom. The summed E-state index contributed by atoms with van der Waals surface area (Å²) >= 11 is 6.28. The Labute approximate surface area is 240 Å². The monoisotopic (exact) mass is 585 g/mol. The van der Waals surface area contributed by atoms with Crippen LogP contribution in [-0.2, 0) is 14.3 Å². The molecule has 1 aliphatic carbocycles. The first kappa shape index (κ1) is 29.1. The lowest BCUT2D eigenvalue weighted by atomic mass is 9.91. The number of nitriles is 1. The zero-order valence-electron chi connectivity index (χ0n) is 22.0. The van der Waals surface area contributed by atoms with Gasteiger partial charge in [0.25, 0.3) is 5.91 Å². The lowest BCUT2D eigenvalue weighted by Gasteiger charge is -2.45. The van der Waals surface area contributed by atoms with Crippen LogP contribution in [-0.4, -0.2) is 86.5 Å². The molecule has 13 heteroatoms. The van der Waals surface area contributed by atoms with E-state index in [2.05, 4.69) is 10.3 Å². The van der Waals surface area contributed by atoms with Crippen molar-refractivity contribution in [1.82, 2.24) is 15.0 Å². The van der Waals surface area contributed by atoms with Crippen LogP contribution >= 0.6 is 11.6 Å². The standard InChI is InChI=1S/C28H29ClFN5O6/c1-40-26-24(34-13-20(32-33-34)16-4-2-5-18(30)10-16)25(38)23(14-36)41-27(26)28(39)35(21-6-3-7-22(21)37)19-9-15(12-31)8-17(29)11-19/h2,4-5,8-11,13,21-27,36-38H,3,6-7,14H2,1H3/t21-,22-,23?,24?,25?,26?,27?/m0/s1. The van der Waals surface area contributed by atoms with Crippen LogP contribution in [0.4, 0.5) is 10.1 Å². The number of methoxy groups -OCH3 is 1. The van der Waals surface area contributed by atoms with Crippen molar-refractivity contribution in [3.63, 3.8) is 0 Å². The Balaban J connectivity index is 1.55. The third kappa shape index (κ3) is 5.70. The van der Waals surface area contributed by atoms with E-state index in [1.165, 1.54) is 59.3 Å². The maximum atomic E-state index is 14.4. The first-order valence-corrected chi connectivity index (χ1v) is 13.5. The number of hydrogen-bond donors (Lipinski definition) is 3. The zero-order chi connectivity index (χ0) is 29.3. The van der Waals surface area contributed by atoms with Crippen molar-refractivity contribution in [2.45, 2.75) is 61.9 Å². The molecule has 1 saturated carbocycles. The smallest absolute Gasteiger partial charge is 0.259 e. The number of carbonyl (C=O) groups excluding carboxylic acids is 1. The molecule has 5 unspecified atom stereocenters. The molecule has 0 spiro atoms. The summed E-state index contributed by atoms with van der Waals surface area (Å²) in [5.41, 5.74) is 1.29. The van der Waals surface area contributed by atoms with Crippen molar-refractivity contribution in [1.29, 1.82) is 5.26 Å². The molecule has 0 radical (unpaired) electrons. The average molecular weight is 586 g/mol. The lowest BCUT2D eigenvalue weighted by molar-refractivity contribution is -0.211. The Morgan fingerprint density at radius 1 is 1.29 bits per heavy atom. The normalized spacial score (nSPS) is 27.9. The molecule has 2 aliphatic rings. The van der Waals surface area contributed by atoms with Crippen molar-refractivity contribution >= 4 is 23.2 Å². The van der Waals surface area contributed by atoms with Crippen molar-refractivity contribution in [2.24, 2.45) is 0 Å². The van der Waals surface area contributed by atoms with E-state index in [4.69, 9.17) is 21.1 Å². The van der Waals surface area contributed by atoms with E-state index in [1.807, 2.05) is 6.07 Å². The SMILES string of the molecule is COC1C(C(=O)N(c2cc(Cl)cc(C#N)c2)[C@H]2CCC[C@@H]2O)OC(CO)C(O)C1n1cc(-c2cccc(F)c2)nn1. The molecule has 2 fully saturated rings. The molecule has 3 aromatic rings. The predicted molar refractivity (Wildman–Crippen MR) is 144 cm³/mol. The van der Waals surface area contributed by atoms with Gasteiger partial charge in [0.1, 0.15) is 35.9 Å². The predicted octanol–water partition coefficient (Wildman–Crippen LogP) is 2.23. The van der Waals surface area contributed by atoms with Crippen molar-refractivity contribution in [3.05, 3.63) is 65.1 Å². The second-order valence-corrected chi connectivity index (χ2v) is 10.6. The van der Waals surface area contributed by atoms with E-state index in [0.29, 0.717) is 36.2 Å². The van der Waals surface area contributed by atoms with Crippen LogP contribution in [0.15, 0.2) is 48.7 Å². The maximum Gasteiger partial charge on any atom is 0.259 e. The molecular formula is C28H29ClFN5O6. The van der Waals surface area contributed by atoms with Crippen LogP contribution in [0, 0.1) is 17.1 Å². The van der Waals surface area contributed by atoms with Gasteiger partial charge in [-0.05, 0) is 49.6 Å². The minimum Gasteiger partial charge on any atom is -0.394 e. The molecule has 1 aliphatic heterocycles. The fraction of sp³-hybridized carbons (Fsp3) is 0.429. The number of hydrogen-bond acceptors (Lipinski definition) is 9. The largest absolute Gasteiger partial charge is 0.394 e. The van der Waals surface area contributed by atoms with Crippen LogP contribution in [0.5, 0.6) is 0 Å². The Bertz CT molecular complexity index is 1450. The van der Waals surface area contributed by atoms with Gasteiger partial charge in [-0.3, -0.25) is 4.79 Å². The van der Waals surface area contributed by atoms with Crippen LogP contribution in [0.25, 0.3) is 11.3 Å². The number of amides is 1. The van der Waals surface area contributed by atoms with Gasteiger partial charge < -0.3 is 29.7 Å². The summed E-state index contributed by atoms with van der Waals surface area (Å²) in [5.74, 6) is -1.08. The number of carbonyl (C=O) groups is 1. The number of nitrogens with zero attached hydrogens (tertiary/aromatic N) is 5. The third-order valence-corrected chi connectivity index (χ3v) is 7.84. The summed E-state index contributed by atoms with van der Waals surface area (Å²) in [5, 5.41) is 50.0. The lowest BCUT2D eigenvalue weighted by Crippen LogP contribution is -2.62. The summed E-state index contributed by atoms with van der Waals surface area (Å²) in [6, 6.07) is 10.6. The highest BCUT2D eigenvalue weighted by Crippen LogP contribution is 2.37. The van der Waals surface area contributed by atoms with Gasteiger partial charge in [-0.25, -0.2) is 9.07 Å². The van der Waals surface area contributed by atoms with Gasteiger partial charge in [-0.15, -0.1) is 5.10 Å². The number of anilines is 1. The van der Waals surface area contributed by atoms with Gasteiger partial charge in [0, 0.05) is 23.4 Å². The Kier molecular flexibility index (Phi) is 8.65. The molecule has 1 saturated heterocycles. The van der Waals surface area contributed by atoms with Gasteiger partial charge in [-0.2, -0.15) is 5.26 Å². The number of aromatic nitrogens is 3. The van der Waals surface area contributed by atoms with Crippen LogP contribution in [0.3, 0.4) is 0 Å². The molecule has 2 heterocycles. The molecule has 11 nitrogen and oxygen atoms in total. The van der Waals surface area contributed by atoms with E-state index in [-0.39, 0.29) is 10.6 Å². The van der Waals surface area contributed by atoms with Crippen molar-refractivity contribution in [3.8, 4) is 17.3 Å². The topological polar surface area (TPSA) is 154 Å². The van der Waals surface area contributed by atoms with Gasteiger partial charge in [0.15, 0.2) is 6.10 Å². The number of aliphatic hydroxyl groups is 3. The molecule has 1 amide bonds. The van der Waals surface area contributed by atoms with E-state index < -0.39 is 60.9 Å². The summed E-state index contributed by atoms with van der Waals surface area (Å²) in [4.78, 5) is 15.7. The minimum absolute atomic E-state index is 0.222. The van der Waals surface area contributed by atoms with Gasteiger partial charge in [0.2, 0.25) is 0 Å². The fourth-order valence-electron chi connectivity index (χ4n) is 5.68. The van der Waals surface area contributed by atoms with Gasteiger partial charge in [0.05, 0.1) is 36.6 Å². The van der Waals surface area contributed by atoms with Crippen molar-refractivity contribution in [2.75, 3.05) is 18.6 Å². The highest BCUT2D eigenvalue weighted by Gasteiger charge is 2.52. The van der Waals surface area contributed by atoms with E-state index in [1.54, 1.807) is 6.07 Å². The number of benzene rings is 2. The second-order valence-electron chi connectivity index (χ2n) is 10.1. The second kappa shape index (κ2) is 12.2. The minimum atomic E-state index is -1.37. The van der Waals surface area contributed by atoms with Gasteiger partial charge in [-0.1, -0.05) is 28.9 Å². The summed E-state index contributed by atoms with van der Waals surface area (Å²) in [6.07, 6.45) is -2.78. The van der Waals surface area contributed by atoms with E-state index in [0.717, 1.165) is 0 Å². The first-order chi connectivity index (χ1) is 19.7. The highest BCUT2D eigenvalue weighted by atomic mass is 35.5. The quantitative estimate of drug-likeness (QED) is 0.379. The highest BCUT2D eigenvalue weighted by molar-refractivity contribution is 6.31. The molecule has 3 N–H and O–H groups in total. The molecule has 41 heavy (non-hydrogen) atoms. The number of rotatable bonds is 7. The molecule has 5 rings (SSSR count). The van der Waals surface area contributed by atoms with Crippen LogP contribution in [0.2, 0.25) is 5.02 Å². The van der Waals surface area contributed by atoms with Gasteiger partial charge >= 0.3 is 0 Å². The molecular weight excluding hydrogens is 557 g/mol. The zero-order valence-corrected chi connectivity index (χ0v) is 22.8. The number of aliphatic hydroxyl groups excluding tert-OH is 3. The fourth-order valence-corrected chi connectivity index (χ4v) is 5.91. The maximum absolute atomic E-state index is 14.4. The number of halogens is 2. The van der Waals surface area contributed by atoms with E-state index >= 15 is 0 Å². The number of ether oxygens (including phenoxy) is 2. The summed E-state index contributed by atoms with van der Waals surface area (Å²) < 4.78 is 26.8. The van der Waals surface area contributed by atoms with Crippen LogP contribution < -0.4 is 4.90 Å². The molecule has 1 aromatic heterocycles. The third-order valence-electron chi connectivity index (χ3n) is 7.62. The molecule has 2 aromatic carbocycles. The molecule has 0 bridgehead atoms. The van der Waals surface area contributed by atoms with E-state index in [9.17, 15) is 29.8 Å². The van der Waals surface area contributed by atoms with Crippen molar-refractivity contribution < 1.29 is 34.0 Å². The summed E-state index contributed by atoms with van der Waals surface area (Å²) in [7, 11) is 1.35.